The summed E-state index contributed by atoms with van der Waals surface area (Å²) < 4.78 is 15.2. The van der Waals surface area contributed by atoms with Crippen LogP contribution in [0.25, 0.3) is 0 Å². The van der Waals surface area contributed by atoms with E-state index in [-0.39, 0.29) is 6.23 Å². The molecule has 0 spiro atoms. The molecule has 0 radical (unpaired) electrons. The first kappa shape index (κ1) is 12.8. The predicted molar refractivity (Wildman–Crippen MR) is 54.5 cm³/mol. The zero-order chi connectivity index (χ0) is 10.3. The minimum Gasteiger partial charge on any atom is -0.460 e. The molecule has 0 saturated carbocycles. The van der Waals surface area contributed by atoms with Crippen molar-refractivity contribution in [2.75, 3.05) is 19.9 Å². The second-order valence-corrected chi connectivity index (χ2v) is 8.04. The van der Waals surface area contributed by atoms with E-state index in [2.05, 4.69) is 21.9 Å². The van der Waals surface area contributed by atoms with Crippen LogP contribution in [0, 0.1) is 0 Å². The molecule has 0 aromatic carbocycles. The Hall–Kier alpha value is -0.173. The highest BCUT2D eigenvalue weighted by molar-refractivity contribution is 9.25. The average Bonchev–Trinajstić information content (AvgIpc) is 2.15. The van der Waals surface area contributed by atoms with Crippen LogP contribution in [-0.2, 0) is 18.4 Å². The molecule has 1 unspecified atom stereocenters. The van der Waals surface area contributed by atoms with Gasteiger partial charge in [-0.1, -0.05) is 21.9 Å². The average molecular weight is 269 g/mol. The van der Waals surface area contributed by atoms with Crippen molar-refractivity contribution < 1.29 is 18.4 Å². The third kappa shape index (κ3) is 5.20. The van der Waals surface area contributed by atoms with E-state index in [0.717, 1.165) is 6.08 Å². The summed E-state index contributed by atoms with van der Waals surface area (Å²) in [6.07, 6.45) is 1.21. The van der Waals surface area contributed by atoms with E-state index < -0.39 is 13.1 Å². The fraction of sp³-hybridized carbons (Fsp3) is 0.571. The zero-order valence-electron chi connectivity index (χ0n) is 7.71. The summed E-state index contributed by atoms with van der Waals surface area (Å²) in [5, 5.41) is 0. The van der Waals surface area contributed by atoms with Gasteiger partial charge in [-0.3, -0.25) is 0 Å². The van der Waals surface area contributed by atoms with Gasteiger partial charge in [0.05, 0.1) is 0 Å². The van der Waals surface area contributed by atoms with Gasteiger partial charge in [-0.05, 0) is 6.92 Å². The molecule has 0 rings (SSSR count). The molecule has 0 amide bonds. The van der Waals surface area contributed by atoms with Gasteiger partial charge in [0.2, 0.25) is 0 Å². The molecule has 4 nitrogen and oxygen atoms in total. The quantitative estimate of drug-likeness (QED) is 0.315. The van der Waals surface area contributed by atoms with Crippen molar-refractivity contribution >= 4 is 28.4 Å². The Balaban J connectivity index is 3.96. The van der Waals surface area contributed by atoms with E-state index in [1.807, 2.05) is 6.92 Å². The minimum absolute atomic E-state index is 0.113. The second kappa shape index (κ2) is 6.31. The molecule has 0 fully saturated rings. The van der Waals surface area contributed by atoms with E-state index >= 15 is 0 Å². The van der Waals surface area contributed by atoms with Gasteiger partial charge in [0, 0.05) is 19.8 Å². The molecule has 76 valence electrons. The Labute approximate surface area is 86.7 Å². The number of carbonyl (C=O) groups excluding carboxylic acids is 1. The van der Waals surface area contributed by atoms with E-state index in [4.69, 9.17) is 13.6 Å². The maximum atomic E-state index is 10.7. The zero-order valence-corrected chi connectivity index (χ0v) is 10.3. The van der Waals surface area contributed by atoms with Gasteiger partial charge in [-0.2, -0.15) is 0 Å². The van der Waals surface area contributed by atoms with Crippen molar-refractivity contribution in [2.45, 2.75) is 6.92 Å². The fourth-order valence-corrected chi connectivity index (χ4v) is 2.69. The topological polar surface area (TPSA) is 44.8 Å². The third-order valence-electron chi connectivity index (χ3n) is 1.22. The highest BCUT2D eigenvalue weighted by Crippen LogP contribution is 2.14. The SMILES string of the molecule is C=CC(=O)OC[Si](Br)(OC)OCC. The molecule has 0 bridgehead atoms. The molecule has 0 saturated heterocycles. The summed E-state index contributed by atoms with van der Waals surface area (Å²) in [5.74, 6) is -0.479. The van der Waals surface area contributed by atoms with E-state index in [0.29, 0.717) is 6.61 Å². The first-order valence-electron chi connectivity index (χ1n) is 3.75. The molecule has 13 heavy (non-hydrogen) atoms. The molecule has 0 aliphatic heterocycles. The second-order valence-electron chi connectivity index (χ2n) is 2.11. The van der Waals surface area contributed by atoms with Crippen molar-refractivity contribution in [1.29, 1.82) is 0 Å². The van der Waals surface area contributed by atoms with Crippen LogP contribution >= 0.6 is 15.3 Å². The highest BCUT2D eigenvalue weighted by atomic mass is 79.9. The summed E-state index contributed by atoms with van der Waals surface area (Å²) in [4.78, 5) is 10.7. The smallest absolute Gasteiger partial charge is 0.453 e. The summed E-state index contributed by atoms with van der Waals surface area (Å²) in [6.45, 7) is 5.63. The Morgan fingerprint density at radius 3 is 2.69 bits per heavy atom. The standard InChI is InChI=1S/C7H13BrO4Si/c1-4-7(9)11-6-13(8,10-3)12-5-2/h4H,1,5-6H2,2-3H3. The van der Waals surface area contributed by atoms with Gasteiger partial charge in [0.25, 0.3) is 0 Å². The summed E-state index contributed by atoms with van der Waals surface area (Å²) >= 11 is 3.29. The van der Waals surface area contributed by atoms with Crippen LogP contribution in [0.5, 0.6) is 0 Å². The monoisotopic (exact) mass is 268 g/mol. The Bertz CT molecular complexity index is 187. The Morgan fingerprint density at radius 1 is 1.69 bits per heavy atom. The van der Waals surface area contributed by atoms with Crippen molar-refractivity contribution in [3.05, 3.63) is 12.7 Å². The maximum absolute atomic E-state index is 10.7. The minimum atomic E-state index is -2.48. The van der Waals surface area contributed by atoms with Crippen LogP contribution in [0.15, 0.2) is 12.7 Å². The van der Waals surface area contributed by atoms with Gasteiger partial charge in [0.15, 0.2) is 0 Å². The third-order valence-corrected chi connectivity index (χ3v) is 5.38. The largest absolute Gasteiger partial charge is 0.460 e. The van der Waals surface area contributed by atoms with Crippen LogP contribution in [0.4, 0.5) is 0 Å². The predicted octanol–water partition coefficient (Wildman–Crippen LogP) is 1.27. The van der Waals surface area contributed by atoms with Crippen LogP contribution in [-0.4, -0.2) is 33.1 Å². The molecule has 0 aromatic rings. The normalized spacial score (nSPS) is 14.7. The Morgan fingerprint density at radius 2 is 2.31 bits per heavy atom. The van der Waals surface area contributed by atoms with Crippen molar-refractivity contribution in [3.8, 4) is 0 Å². The lowest BCUT2D eigenvalue weighted by molar-refractivity contribution is -0.136. The number of esters is 1. The van der Waals surface area contributed by atoms with Crippen LogP contribution in [0.2, 0.25) is 0 Å². The number of rotatable bonds is 6. The van der Waals surface area contributed by atoms with E-state index in [1.54, 1.807) is 0 Å². The van der Waals surface area contributed by atoms with Crippen LogP contribution in [0.3, 0.4) is 0 Å². The first-order chi connectivity index (χ1) is 6.08. The lowest BCUT2D eigenvalue weighted by Crippen LogP contribution is -2.40. The van der Waals surface area contributed by atoms with Gasteiger partial charge in [-0.25, -0.2) is 4.79 Å². The van der Waals surface area contributed by atoms with E-state index in [1.165, 1.54) is 7.11 Å². The molecular formula is C7H13BrO4Si. The van der Waals surface area contributed by atoms with Crippen molar-refractivity contribution in [2.24, 2.45) is 0 Å². The van der Waals surface area contributed by atoms with E-state index in [9.17, 15) is 4.79 Å². The van der Waals surface area contributed by atoms with Gasteiger partial charge in [-0.15, -0.1) is 0 Å². The molecular weight excluding hydrogens is 256 g/mol. The molecule has 1 atom stereocenters. The lowest BCUT2D eigenvalue weighted by atomic mass is 10.7. The number of carbonyl (C=O) groups is 1. The molecule has 0 heterocycles. The summed E-state index contributed by atoms with van der Waals surface area (Å²) in [6, 6.07) is 0. The van der Waals surface area contributed by atoms with Gasteiger partial charge >= 0.3 is 13.1 Å². The number of hydrogen-bond donors (Lipinski definition) is 0. The molecule has 6 heteroatoms. The molecule has 0 N–H and O–H groups in total. The molecule has 0 aliphatic carbocycles. The summed E-state index contributed by atoms with van der Waals surface area (Å²) in [7, 11) is -0.968. The fourth-order valence-electron chi connectivity index (χ4n) is 0.591. The number of halogens is 1. The number of ether oxygens (including phenoxy) is 1. The van der Waals surface area contributed by atoms with Crippen molar-refractivity contribution in [3.63, 3.8) is 0 Å². The maximum Gasteiger partial charge on any atom is 0.453 e. The molecule has 0 aliphatic rings. The van der Waals surface area contributed by atoms with Crippen LogP contribution < -0.4 is 0 Å². The number of hydrogen-bond acceptors (Lipinski definition) is 4. The first-order valence-corrected chi connectivity index (χ1v) is 8.03. The highest BCUT2D eigenvalue weighted by Gasteiger charge is 2.35. The Kier molecular flexibility index (Phi) is 6.22. The lowest BCUT2D eigenvalue weighted by Gasteiger charge is -2.20. The molecule has 0 aromatic heterocycles. The summed E-state index contributed by atoms with van der Waals surface area (Å²) in [5.41, 5.74) is 0. The van der Waals surface area contributed by atoms with Crippen molar-refractivity contribution in [1.82, 2.24) is 0 Å². The van der Waals surface area contributed by atoms with Gasteiger partial charge < -0.3 is 13.6 Å². The van der Waals surface area contributed by atoms with Crippen LogP contribution in [0.1, 0.15) is 6.92 Å². The van der Waals surface area contributed by atoms with Gasteiger partial charge in [0.1, 0.15) is 6.23 Å².